The van der Waals surface area contributed by atoms with Crippen molar-refractivity contribution in [1.82, 2.24) is 0 Å². The van der Waals surface area contributed by atoms with Crippen LogP contribution in [0.1, 0.15) is 17.5 Å². The molecule has 2 aromatic carbocycles. The summed E-state index contributed by atoms with van der Waals surface area (Å²) in [6.45, 7) is 0. The van der Waals surface area contributed by atoms with Gasteiger partial charge in [0.15, 0.2) is 0 Å². The highest BCUT2D eigenvalue weighted by molar-refractivity contribution is 8.16. The maximum Gasteiger partial charge on any atom is 0.0000602 e. The number of hydrogen-bond acceptors (Lipinski definition) is 0. The van der Waals surface area contributed by atoms with Crippen molar-refractivity contribution in [2.45, 2.75) is 18.6 Å². The highest BCUT2D eigenvalue weighted by Gasteiger charge is 2.22. The molecule has 0 bridgehead atoms. The fraction of sp³-hybridized carbons (Fsp3) is 0.333. The third-order valence-corrected chi connectivity index (χ3v) is 6.72. The van der Waals surface area contributed by atoms with Gasteiger partial charge in [0.25, 0.3) is 0 Å². The summed E-state index contributed by atoms with van der Waals surface area (Å²) >= 11 is 0. The Bertz CT molecular complexity index is 444. The third kappa shape index (κ3) is 3.63. The Hall–Kier alpha value is -1.21. The number of thiol groups is 1. The predicted octanol–water partition coefficient (Wildman–Crippen LogP) is 4.45. The topological polar surface area (TPSA) is 0 Å². The summed E-state index contributed by atoms with van der Waals surface area (Å²) in [5.41, 5.74) is 3.05. The molecule has 2 aromatic rings. The molecule has 1 saturated heterocycles. The Morgan fingerprint density at radius 2 is 1.47 bits per heavy atom. The molecule has 1 aliphatic heterocycles. The molecule has 0 saturated carbocycles. The molecule has 0 aliphatic carbocycles. The molecule has 1 aliphatic rings. The second kappa shape index (κ2) is 6.29. The minimum Gasteiger partial charge on any atom is -0.249 e. The zero-order chi connectivity index (χ0) is 12.9. The molecule has 19 heavy (non-hydrogen) atoms. The minimum absolute atomic E-state index is 0.243. The van der Waals surface area contributed by atoms with Crippen LogP contribution >= 0.6 is 10.9 Å². The largest absolute Gasteiger partial charge is 0.249 e. The van der Waals surface area contributed by atoms with Crippen LogP contribution in [-0.4, -0.2) is 11.5 Å². The van der Waals surface area contributed by atoms with E-state index in [0.29, 0.717) is 0 Å². The van der Waals surface area contributed by atoms with E-state index in [1.54, 1.807) is 0 Å². The van der Waals surface area contributed by atoms with Crippen molar-refractivity contribution >= 4 is 10.9 Å². The van der Waals surface area contributed by atoms with Gasteiger partial charge in [-0.05, 0) is 41.4 Å². The Morgan fingerprint density at radius 1 is 0.842 bits per heavy atom. The Kier molecular flexibility index (Phi) is 4.24. The second-order valence-electron chi connectivity index (χ2n) is 5.57. The maximum absolute atomic E-state index is 2.28. The van der Waals surface area contributed by atoms with Gasteiger partial charge in [-0.1, -0.05) is 60.7 Å². The van der Waals surface area contributed by atoms with Crippen molar-refractivity contribution in [3.63, 3.8) is 0 Å². The summed E-state index contributed by atoms with van der Waals surface area (Å²) in [7, 11) is 0.243. The molecule has 2 atom stereocenters. The smallest absolute Gasteiger partial charge is 0.0000602 e. The van der Waals surface area contributed by atoms with Crippen molar-refractivity contribution in [2.75, 3.05) is 11.5 Å². The fourth-order valence-electron chi connectivity index (χ4n) is 3.01. The Labute approximate surface area is 119 Å². The van der Waals surface area contributed by atoms with Gasteiger partial charge in [0.2, 0.25) is 0 Å². The predicted molar refractivity (Wildman–Crippen MR) is 87.1 cm³/mol. The van der Waals surface area contributed by atoms with Crippen molar-refractivity contribution in [1.29, 1.82) is 0 Å². The lowest BCUT2D eigenvalue weighted by Gasteiger charge is -2.15. The monoisotopic (exact) mass is 270 g/mol. The Balaban J connectivity index is 1.53. The lowest BCUT2D eigenvalue weighted by Crippen LogP contribution is -2.03. The minimum atomic E-state index is 0.243. The van der Waals surface area contributed by atoms with Crippen molar-refractivity contribution in [3.8, 4) is 0 Å². The molecule has 0 spiro atoms. The standard InChI is InChI=1S/C18H22S/c1-3-7-16(8-4-1)13-18-11-12-19(15-18)14-17-9-5-2-6-10-17/h1-10,18-19H,11-15H2. The molecule has 2 unspecified atom stereocenters. The normalized spacial score (nSPS) is 24.4. The van der Waals surface area contributed by atoms with Gasteiger partial charge in [0, 0.05) is 5.75 Å². The Morgan fingerprint density at radius 3 is 2.16 bits per heavy atom. The molecule has 0 nitrogen and oxygen atoms in total. The summed E-state index contributed by atoms with van der Waals surface area (Å²) in [4.78, 5) is 0. The van der Waals surface area contributed by atoms with Gasteiger partial charge in [0.1, 0.15) is 0 Å². The van der Waals surface area contributed by atoms with Gasteiger partial charge >= 0.3 is 0 Å². The first-order chi connectivity index (χ1) is 9.40. The van der Waals surface area contributed by atoms with Crippen LogP contribution in [0.5, 0.6) is 0 Å². The molecule has 1 heterocycles. The summed E-state index contributed by atoms with van der Waals surface area (Å²) in [6, 6.07) is 22.0. The average Bonchev–Trinajstić information content (AvgIpc) is 2.88. The first-order valence-corrected chi connectivity index (χ1v) is 9.10. The van der Waals surface area contributed by atoms with Crippen LogP contribution in [0.2, 0.25) is 0 Å². The van der Waals surface area contributed by atoms with E-state index < -0.39 is 0 Å². The molecule has 0 amide bonds. The van der Waals surface area contributed by atoms with Gasteiger partial charge in [-0.25, -0.2) is 10.9 Å². The summed E-state index contributed by atoms with van der Waals surface area (Å²) < 4.78 is 0. The molecule has 1 heteroatoms. The van der Waals surface area contributed by atoms with Crippen LogP contribution in [-0.2, 0) is 12.2 Å². The summed E-state index contributed by atoms with van der Waals surface area (Å²) in [6.07, 6.45) is 2.72. The first-order valence-electron chi connectivity index (χ1n) is 7.20. The molecule has 0 aromatic heterocycles. The molecule has 3 rings (SSSR count). The van der Waals surface area contributed by atoms with E-state index in [-0.39, 0.29) is 10.9 Å². The summed E-state index contributed by atoms with van der Waals surface area (Å²) in [5.74, 6) is 5.21. The summed E-state index contributed by atoms with van der Waals surface area (Å²) in [5, 5.41) is 0. The lowest BCUT2D eigenvalue weighted by molar-refractivity contribution is 0.596. The van der Waals surface area contributed by atoms with E-state index in [1.165, 1.54) is 41.2 Å². The van der Waals surface area contributed by atoms with E-state index in [1.807, 2.05) is 0 Å². The zero-order valence-corrected chi connectivity index (χ0v) is 12.2. The molecule has 100 valence electrons. The van der Waals surface area contributed by atoms with Gasteiger partial charge in [-0.15, -0.1) is 0 Å². The number of rotatable bonds is 4. The van der Waals surface area contributed by atoms with Crippen LogP contribution < -0.4 is 0 Å². The fourth-order valence-corrected chi connectivity index (χ4v) is 5.98. The first kappa shape index (κ1) is 12.8. The lowest BCUT2D eigenvalue weighted by atomic mass is 9.99. The molecule has 0 N–H and O–H groups in total. The molecule has 0 radical (unpaired) electrons. The van der Waals surface area contributed by atoms with E-state index in [2.05, 4.69) is 60.7 Å². The highest BCUT2D eigenvalue weighted by atomic mass is 32.2. The third-order valence-electron chi connectivity index (χ3n) is 3.99. The van der Waals surface area contributed by atoms with E-state index in [9.17, 15) is 0 Å². The van der Waals surface area contributed by atoms with Gasteiger partial charge in [0.05, 0.1) is 0 Å². The number of hydrogen-bond donors (Lipinski definition) is 1. The second-order valence-corrected chi connectivity index (χ2v) is 8.04. The quantitative estimate of drug-likeness (QED) is 0.780. The molecular formula is C18H22S. The van der Waals surface area contributed by atoms with Crippen molar-refractivity contribution in [3.05, 3.63) is 71.8 Å². The van der Waals surface area contributed by atoms with Gasteiger partial charge < -0.3 is 0 Å². The zero-order valence-electron chi connectivity index (χ0n) is 11.3. The van der Waals surface area contributed by atoms with Crippen LogP contribution in [0, 0.1) is 5.92 Å². The van der Waals surface area contributed by atoms with Gasteiger partial charge in [-0.3, -0.25) is 0 Å². The van der Waals surface area contributed by atoms with Crippen molar-refractivity contribution in [2.24, 2.45) is 5.92 Å². The molecule has 1 fully saturated rings. The SMILES string of the molecule is c1ccc(CC2CC[SH](Cc3ccccc3)C2)cc1. The van der Waals surface area contributed by atoms with Gasteiger partial charge in [-0.2, -0.15) is 0 Å². The van der Waals surface area contributed by atoms with E-state index >= 15 is 0 Å². The van der Waals surface area contributed by atoms with E-state index in [0.717, 1.165) is 5.92 Å². The van der Waals surface area contributed by atoms with Crippen LogP contribution in [0.15, 0.2) is 60.7 Å². The highest BCUT2D eigenvalue weighted by Crippen LogP contribution is 2.42. The average molecular weight is 270 g/mol. The number of benzene rings is 2. The maximum atomic E-state index is 2.28. The molecular weight excluding hydrogens is 248 g/mol. The van der Waals surface area contributed by atoms with E-state index in [4.69, 9.17) is 0 Å². The van der Waals surface area contributed by atoms with Crippen LogP contribution in [0.4, 0.5) is 0 Å². The van der Waals surface area contributed by atoms with Crippen molar-refractivity contribution < 1.29 is 0 Å². The van der Waals surface area contributed by atoms with Crippen LogP contribution in [0.3, 0.4) is 0 Å². The van der Waals surface area contributed by atoms with Crippen LogP contribution in [0.25, 0.3) is 0 Å².